The maximum atomic E-state index is 14.0. The second kappa shape index (κ2) is 35.0. The number of alkyl halides is 1. The highest BCUT2D eigenvalue weighted by molar-refractivity contribution is 5.72. The van der Waals surface area contributed by atoms with Crippen LogP contribution in [0.4, 0.5) is 33.2 Å². The van der Waals surface area contributed by atoms with Gasteiger partial charge in [0, 0.05) is 124 Å². The minimum Gasteiger partial charge on any atom is -0.491 e. The molecule has 6 amide bonds. The van der Waals surface area contributed by atoms with Gasteiger partial charge in [0.1, 0.15) is 46.0 Å². The van der Waals surface area contributed by atoms with E-state index in [-0.39, 0.29) is 98.4 Å². The predicted octanol–water partition coefficient (Wildman–Crippen LogP) is 10.3. The summed E-state index contributed by atoms with van der Waals surface area (Å²) in [5.74, 6) is 0.555. The molecule has 0 atom stereocenters. The van der Waals surface area contributed by atoms with E-state index in [1.165, 1.54) is 9.80 Å². The summed E-state index contributed by atoms with van der Waals surface area (Å²) < 4.78 is 65.8. The zero-order valence-corrected chi connectivity index (χ0v) is 56.4. The van der Waals surface area contributed by atoms with Crippen LogP contribution in [0.15, 0.2) is 18.2 Å². The van der Waals surface area contributed by atoms with E-state index in [4.69, 9.17) is 42.6 Å². The number of hydrogen-bond acceptors (Lipinski definition) is 17. The van der Waals surface area contributed by atoms with Crippen molar-refractivity contribution in [1.82, 2.24) is 39.2 Å². The molecule has 0 radical (unpaired) electrons. The Labute approximate surface area is 519 Å². The van der Waals surface area contributed by atoms with Gasteiger partial charge in [-0.2, -0.15) is 0 Å². The first-order valence-electron chi connectivity index (χ1n) is 31.1. The Morgan fingerprint density at radius 3 is 0.828 bits per heavy atom. The molecule has 0 bridgehead atoms. The predicted molar refractivity (Wildman–Crippen MR) is 331 cm³/mol. The van der Waals surface area contributed by atoms with E-state index >= 15 is 0 Å². The molecule has 0 aromatic heterocycles. The summed E-state index contributed by atoms with van der Waals surface area (Å²) in [7, 11) is 0. The third-order valence-electron chi connectivity index (χ3n) is 12.8. The number of rotatable bonds is 16. The van der Waals surface area contributed by atoms with Crippen LogP contribution in [0, 0.1) is 0 Å². The lowest BCUT2D eigenvalue weighted by atomic mass is 10.1. The van der Waals surface area contributed by atoms with Gasteiger partial charge in [0.25, 0.3) is 0 Å². The summed E-state index contributed by atoms with van der Waals surface area (Å²) in [6.07, 6.45) is -1.26. The molecule has 0 unspecified atom stereocenters. The van der Waals surface area contributed by atoms with E-state index in [9.17, 15) is 33.2 Å². The van der Waals surface area contributed by atoms with E-state index < -0.39 is 70.2 Å². The molecule has 2 fully saturated rings. The Bertz CT molecular complexity index is 2060. The molecule has 2 aliphatic rings. The van der Waals surface area contributed by atoms with Crippen molar-refractivity contribution in [2.24, 2.45) is 0 Å². The van der Waals surface area contributed by atoms with E-state index in [1.54, 1.807) is 144 Å². The van der Waals surface area contributed by atoms with Crippen LogP contribution in [0.1, 0.15) is 155 Å². The molecule has 3 rings (SSSR count). The molecule has 1 aromatic rings. The SMILES string of the molecule is CC(C)(C)OC(=O)N1CCN(Cc2cc(CN3CCN(C(=O)OC(C)(C)C)CCN(C(=O)OC(C)(C)C)CCN(C(=O)OC(C)(C)C)CC3)cc(OCCOCCOCCCCC[18F])c2)CCN(C(=O)OC(C)(C)C)CCN(C(=O)OC(C)(C)C)CC1. The molecule has 0 spiro atoms. The van der Waals surface area contributed by atoms with Gasteiger partial charge in [-0.1, -0.05) is 6.07 Å². The lowest BCUT2D eigenvalue weighted by molar-refractivity contribution is 0.00436. The van der Waals surface area contributed by atoms with Crippen molar-refractivity contribution < 1.29 is 75.8 Å². The van der Waals surface area contributed by atoms with Crippen LogP contribution in [0.25, 0.3) is 0 Å². The average molecular weight is 1240 g/mol. The Morgan fingerprint density at radius 1 is 0.333 bits per heavy atom. The summed E-state index contributed by atoms with van der Waals surface area (Å²) in [5, 5.41) is 0. The molecule has 0 aliphatic carbocycles. The van der Waals surface area contributed by atoms with Crippen molar-refractivity contribution in [2.45, 2.75) is 191 Å². The minimum absolute atomic E-state index is 0.101. The van der Waals surface area contributed by atoms with E-state index in [2.05, 4.69) is 15.9 Å². The molecule has 1 aromatic carbocycles. The Morgan fingerprint density at radius 2 is 0.575 bits per heavy atom. The van der Waals surface area contributed by atoms with Gasteiger partial charge in [-0.05, 0) is 167 Å². The van der Waals surface area contributed by atoms with Crippen molar-refractivity contribution >= 4 is 36.6 Å². The highest BCUT2D eigenvalue weighted by Gasteiger charge is 2.33. The van der Waals surface area contributed by atoms with Crippen LogP contribution in [0.5, 0.6) is 5.75 Å². The zero-order valence-electron chi connectivity index (χ0n) is 56.4. The Hall–Kier alpha value is -5.59. The van der Waals surface area contributed by atoms with Crippen LogP contribution in [-0.4, -0.2) is 254 Å². The fourth-order valence-corrected chi connectivity index (χ4v) is 8.81. The van der Waals surface area contributed by atoms with Crippen LogP contribution < -0.4 is 4.74 Å². The van der Waals surface area contributed by atoms with Gasteiger partial charge in [-0.25, -0.2) is 28.8 Å². The summed E-state index contributed by atoms with van der Waals surface area (Å²) in [4.78, 5) is 97.1. The van der Waals surface area contributed by atoms with Crippen molar-refractivity contribution in [2.75, 3.05) is 144 Å². The summed E-state index contributed by atoms with van der Waals surface area (Å²) >= 11 is 0. The number of halogens is 1. The number of nitrogens with zero attached hydrogens (tertiary/aromatic N) is 8. The zero-order chi connectivity index (χ0) is 65.4. The van der Waals surface area contributed by atoms with Crippen molar-refractivity contribution in [3.8, 4) is 5.75 Å². The highest BCUT2D eigenvalue weighted by Crippen LogP contribution is 2.24. The van der Waals surface area contributed by atoms with Gasteiger partial charge in [-0.15, -0.1) is 0 Å². The Kier molecular flexibility index (Phi) is 30.4. The van der Waals surface area contributed by atoms with Crippen LogP contribution in [0.2, 0.25) is 0 Å². The highest BCUT2D eigenvalue weighted by atomic mass is 18.2. The first kappa shape index (κ1) is 75.7. The topological polar surface area (TPSA) is 211 Å². The third kappa shape index (κ3) is 33.5. The summed E-state index contributed by atoms with van der Waals surface area (Å²) in [5.41, 5.74) is -3.12. The first-order valence-corrected chi connectivity index (χ1v) is 31.1. The first-order chi connectivity index (χ1) is 40.3. The van der Waals surface area contributed by atoms with Crippen LogP contribution >= 0.6 is 0 Å². The summed E-state index contributed by atoms with van der Waals surface area (Å²) in [6, 6.07) is 5.99. The van der Waals surface area contributed by atoms with E-state index in [0.29, 0.717) is 71.3 Å². The quantitative estimate of drug-likeness (QED) is 0.111. The van der Waals surface area contributed by atoms with Crippen molar-refractivity contribution in [3.05, 3.63) is 29.3 Å². The molecule has 0 saturated carbocycles. The largest absolute Gasteiger partial charge is 0.491 e. The molecule has 2 heterocycles. The molecule has 23 nitrogen and oxygen atoms in total. The van der Waals surface area contributed by atoms with Crippen molar-refractivity contribution in [3.63, 3.8) is 0 Å². The number of hydrogen-bond donors (Lipinski definition) is 0. The van der Waals surface area contributed by atoms with Gasteiger partial charge in [0.15, 0.2) is 0 Å². The van der Waals surface area contributed by atoms with Crippen molar-refractivity contribution in [1.29, 1.82) is 0 Å². The minimum atomic E-state index is -0.805. The number of carbonyl (C=O) groups is 6. The van der Waals surface area contributed by atoms with Gasteiger partial charge in [-0.3, -0.25) is 14.2 Å². The maximum Gasteiger partial charge on any atom is 0.410 e. The second-order valence-corrected chi connectivity index (χ2v) is 28.2. The summed E-state index contributed by atoms with van der Waals surface area (Å²) in [6.45, 7) is 37.4. The number of ether oxygens (including phenoxy) is 9. The number of benzene rings is 1. The average Bonchev–Trinajstić information content (AvgIpc) is 3.16. The normalized spacial score (nSPS) is 16.8. The second-order valence-electron chi connectivity index (χ2n) is 28.2. The molecule has 87 heavy (non-hydrogen) atoms. The monoisotopic (exact) mass is 1240 g/mol. The maximum absolute atomic E-state index is 14.0. The molecule has 500 valence electrons. The molecular formula is C63H111FN8O15. The lowest BCUT2D eigenvalue weighted by Crippen LogP contribution is -2.51. The molecule has 2 aliphatic heterocycles. The molecule has 24 heteroatoms. The van der Waals surface area contributed by atoms with Gasteiger partial charge < -0.3 is 72.0 Å². The number of carbonyl (C=O) groups excluding carboxylic acids is 6. The molecule has 0 N–H and O–H groups in total. The lowest BCUT2D eigenvalue weighted by Gasteiger charge is -2.36. The Balaban J connectivity index is 2.15. The van der Waals surface area contributed by atoms with Gasteiger partial charge >= 0.3 is 36.6 Å². The van der Waals surface area contributed by atoms with E-state index in [0.717, 1.165) is 24.0 Å². The third-order valence-corrected chi connectivity index (χ3v) is 12.8. The molecule has 2 saturated heterocycles. The fraction of sp³-hybridized carbons (Fsp3) is 0.810. The van der Waals surface area contributed by atoms with Gasteiger partial charge in [0.2, 0.25) is 0 Å². The number of unbranched alkanes of at least 4 members (excludes halogenated alkanes) is 2. The van der Waals surface area contributed by atoms with Crippen LogP contribution in [0.3, 0.4) is 0 Å². The smallest absolute Gasteiger partial charge is 0.410 e. The van der Waals surface area contributed by atoms with Crippen LogP contribution in [-0.2, 0) is 51.0 Å². The fourth-order valence-electron chi connectivity index (χ4n) is 8.81. The number of amides is 6. The standard InChI is InChI=1S/C63H111FN8O15/c1-58(2,3)82-52(73)67-27-23-65(24-28-68(53(74)83-59(4,5)6)32-36-71(35-31-67)56(77)86-62(13,14)15)47-49-44-50(46-51(45-49)81-43-42-80-41-40-79-39-21-19-20-22-64)48-66-25-29-69(54(75)84-60(7,8)9)33-37-72(57(78)87-63(16,17)18)38-34-70(30-26-66)55(76)85-61(10,11)12/h44-46H,19-43,47-48H2,1-18H3/i64-1. The van der Waals surface area contributed by atoms with Gasteiger partial charge in [0.05, 0.1) is 26.5 Å². The van der Waals surface area contributed by atoms with E-state index in [1.807, 2.05) is 12.1 Å². The molecular weight excluding hydrogens is 1130 g/mol.